The van der Waals surface area contributed by atoms with Crippen molar-refractivity contribution in [2.45, 2.75) is 17.9 Å². The van der Waals surface area contributed by atoms with Crippen LogP contribution in [-0.4, -0.2) is 44.2 Å². The number of esters is 1. The van der Waals surface area contributed by atoms with E-state index in [0.717, 1.165) is 47.8 Å². The number of benzene rings is 2. The first-order valence-electron chi connectivity index (χ1n) is 7.82. The first-order chi connectivity index (χ1) is 12.6. The number of carbonyl (C=O) groups excluding carboxylic acids is 2. The summed E-state index contributed by atoms with van der Waals surface area (Å²) in [6.07, 6.45) is -1.18. The van der Waals surface area contributed by atoms with Gasteiger partial charge in [0.1, 0.15) is 18.2 Å². The molecule has 0 heterocycles. The minimum absolute atomic E-state index is 0.156. The number of hydrogen-bond donors (Lipinski definition) is 0. The molecule has 0 bridgehead atoms. The Morgan fingerprint density at radius 1 is 1.00 bits per heavy atom. The van der Waals surface area contributed by atoms with E-state index < -0.39 is 46.1 Å². The van der Waals surface area contributed by atoms with E-state index >= 15 is 0 Å². The number of ketones is 1. The quantitative estimate of drug-likeness (QED) is 0.529. The molecule has 9 heteroatoms. The van der Waals surface area contributed by atoms with Gasteiger partial charge in [0.25, 0.3) is 0 Å². The summed E-state index contributed by atoms with van der Waals surface area (Å²) in [5.74, 6) is -2.59. The molecule has 0 saturated heterocycles. The first kappa shape index (κ1) is 20.7. The fourth-order valence-corrected chi connectivity index (χ4v) is 3.31. The normalized spacial score (nSPS) is 12.6. The van der Waals surface area contributed by atoms with Gasteiger partial charge in [0.05, 0.1) is 4.90 Å². The molecule has 0 amide bonds. The lowest BCUT2D eigenvalue weighted by molar-refractivity contribution is -0.146. The molecule has 0 radical (unpaired) electrons. The van der Waals surface area contributed by atoms with Crippen molar-refractivity contribution >= 4 is 21.8 Å². The summed E-state index contributed by atoms with van der Waals surface area (Å²) in [7, 11) is -2.87. The van der Waals surface area contributed by atoms with E-state index in [0.29, 0.717) is 0 Å². The third-order valence-electron chi connectivity index (χ3n) is 3.68. The lowest BCUT2D eigenvalue weighted by atomic mass is 10.1. The van der Waals surface area contributed by atoms with E-state index in [1.54, 1.807) is 0 Å². The third-order valence-corrected chi connectivity index (χ3v) is 5.50. The van der Waals surface area contributed by atoms with E-state index in [-0.39, 0.29) is 10.5 Å². The number of sulfonamides is 1. The van der Waals surface area contributed by atoms with Crippen molar-refractivity contribution < 1.29 is 31.5 Å². The van der Waals surface area contributed by atoms with Crippen LogP contribution in [0.3, 0.4) is 0 Å². The maximum absolute atomic E-state index is 12.9. The molecule has 1 atom stereocenters. The van der Waals surface area contributed by atoms with Crippen LogP contribution in [0.4, 0.5) is 8.78 Å². The van der Waals surface area contributed by atoms with Gasteiger partial charge in [0.2, 0.25) is 15.8 Å². The van der Waals surface area contributed by atoms with Crippen LogP contribution in [0.15, 0.2) is 53.4 Å². The number of halogens is 2. The standard InChI is InChI=1S/C18H17F2NO5S/c1-12(18(23)13-3-5-14(19)6-4-13)26-17(22)11-21(2)27(24,25)16-9-7-15(20)8-10-16/h3-10,12H,11H2,1-2H3/t12-/m0/s1. The maximum Gasteiger partial charge on any atom is 0.322 e. The molecule has 2 aromatic carbocycles. The smallest absolute Gasteiger partial charge is 0.322 e. The number of hydrogen-bond acceptors (Lipinski definition) is 5. The Hall–Kier alpha value is -2.65. The first-order valence-corrected chi connectivity index (χ1v) is 9.26. The molecule has 0 aliphatic rings. The van der Waals surface area contributed by atoms with Crippen LogP contribution in [0.2, 0.25) is 0 Å². The van der Waals surface area contributed by atoms with Crippen LogP contribution in [-0.2, 0) is 19.6 Å². The molecule has 0 saturated carbocycles. The SMILES string of the molecule is C[C@H](OC(=O)CN(C)S(=O)(=O)c1ccc(F)cc1)C(=O)c1ccc(F)cc1. The Kier molecular flexibility index (Phi) is 6.40. The van der Waals surface area contributed by atoms with Gasteiger partial charge in [-0.3, -0.25) is 9.59 Å². The highest BCUT2D eigenvalue weighted by atomic mass is 32.2. The summed E-state index contributed by atoms with van der Waals surface area (Å²) in [4.78, 5) is 24.0. The van der Waals surface area contributed by atoms with Gasteiger partial charge >= 0.3 is 5.97 Å². The highest BCUT2D eigenvalue weighted by Crippen LogP contribution is 2.15. The molecule has 144 valence electrons. The van der Waals surface area contributed by atoms with E-state index in [4.69, 9.17) is 4.74 Å². The minimum atomic E-state index is -4.02. The average molecular weight is 397 g/mol. The molecule has 2 aromatic rings. The van der Waals surface area contributed by atoms with Gasteiger partial charge in [0.15, 0.2) is 6.10 Å². The number of nitrogens with zero attached hydrogens (tertiary/aromatic N) is 1. The molecular weight excluding hydrogens is 380 g/mol. The Morgan fingerprint density at radius 3 is 2.00 bits per heavy atom. The van der Waals surface area contributed by atoms with Crippen molar-refractivity contribution in [1.82, 2.24) is 4.31 Å². The molecule has 0 N–H and O–H groups in total. The topological polar surface area (TPSA) is 80.8 Å². The molecule has 0 unspecified atom stereocenters. The summed E-state index contributed by atoms with van der Waals surface area (Å²) >= 11 is 0. The number of rotatable bonds is 7. The number of ether oxygens (including phenoxy) is 1. The molecule has 6 nitrogen and oxygen atoms in total. The highest BCUT2D eigenvalue weighted by Gasteiger charge is 2.26. The monoisotopic (exact) mass is 397 g/mol. The summed E-state index contributed by atoms with van der Waals surface area (Å²) in [5.41, 5.74) is 0.156. The van der Waals surface area contributed by atoms with Gasteiger partial charge < -0.3 is 4.74 Å². The van der Waals surface area contributed by atoms with Crippen LogP contribution in [0.25, 0.3) is 0 Å². The second kappa shape index (κ2) is 8.36. The summed E-state index contributed by atoms with van der Waals surface area (Å²) < 4.78 is 56.2. The summed E-state index contributed by atoms with van der Waals surface area (Å²) in [6.45, 7) is 0.693. The van der Waals surface area contributed by atoms with Gasteiger partial charge in [0, 0.05) is 12.6 Å². The Bertz CT molecular complexity index is 927. The van der Waals surface area contributed by atoms with E-state index in [1.165, 1.54) is 19.1 Å². The van der Waals surface area contributed by atoms with E-state index in [2.05, 4.69) is 0 Å². The van der Waals surface area contributed by atoms with Crippen molar-refractivity contribution in [2.24, 2.45) is 0 Å². The third kappa shape index (κ3) is 5.18. The number of carbonyl (C=O) groups is 2. The molecule has 0 aliphatic heterocycles. The fraction of sp³-hybridized carbons (Fsp3) is 0.222. The van der Waals surface area contributed by atoms with Crippen LogP contribution < -0.4 is 0 Å². The lowest BCUT2D eigenvalue weighted by Crippen LogP contribution is -2.35. The molecular formula is C18H17F2NO5S. The van der Waals surface area contributed by atoms with Crippen molar-refractivity contribution in [3.8, 4) is 0 Å². The zero-order valence-electron chi connectivity index (χ0n) is 14.6. The summed E-state index contributed by atoms with van der Waals surface area (Å²) in [6, 6.07) is 8.85. The zero-order chi connectivity index (χ0) is 20.2. The van der Waals surface area contributed by atoms with Gasteiger partial charge in [-0.05, 0) is 55.5 Å². The van der Waals surface area contributed by atoms with Gasteiger partial charge in [-0.25, -0.2) is 17.2 Å². The molecule has 0 spiro atoms. The van der Waals surface area contributed by atoms with Gasteiger partial charge in [-0.2, -0.15) is 4.31 Å². The zero-order valence-corrected chi connectivity index (χ0v) is 15.4. The maximum atomic E-state index is 12.9. The van der Waals surface area contributed by atoms with Crippen molar-refractivity contribution in [1.29, 1.82) is 0 Å². The van der Waals surface area contributed by atoms with Crippen LogP contribution in [0.1, 0.15) is 17.3 Å². The Labute approximate surface area is 155 Å². The van der Waals surface area contributed by atoms with E-state index in [9.17, 15) is 26.8 Å². The van der Waals surface area contributed by atoms with Crippen LogP contribution in [0.5, 0.6) is 0 Å². The van der Waals surface area contributed by atoms with Crippen molar-refractivity contribution in [3.05, 3.63) is 65.7 Å². The minimum Gasteiger partial charge on any atom is -0.453 e. The molecule has 0 aromatic heterocycles. The molecule has 0 fully saturated rings. The van der Waals surface area contributed by atoms with Crippen molar-refractivity contribution in [2.75, 3.05) is 13.6 Å². The predicted octanol–water partition coefficient (Wildman–Crippen LogP) is 2.40. The number of likely N-dealkylation sites (N-methyl/N-ethyl adjacent to an activating group) is 1. The van der Waals surface area contributed by atoms with Crippen LogP contribution in [0, 0.1) is 11.6 Å². The predicted molar refractivity (Wildman–Crippen MR) is 92.5 cm³/mol. The average Bonchev–Trinajstić information content (AvgIpc) is 2.61. The summed E-state index contributed by atoms with van der Waals surface area (Å²) in [5, 5.41) is 0. The Balaban J connectivity index is 2.00. The molecule has 0 aliphatic carbocycles. The van der Waals surface area contributed by atoms with Crippen molar-refractivity contribution in [3.63, 3.8) is 0 Å². The number of Topliss-reactive ketones (excluding diaryl/α,β-unsaturated/α-hetero) is 1. The van der Waals surface area contributed by atoms with Gasteiger partial charge in [-0.15, -0.1) is 0 Å². The van der Waals surface area contributed by atoms with Crippen LogP contribution >= 0.6 is 0 Å². The second-order valence-corrected chi connectivity index (χ2v) is 7.76. The second-order valence-electron chi connectivity index (χ2n) is 5.72. The van der Waals surface area contributed by atoms with E-state index in [1.807, 2.05) is 0 Å². The molecule has 27 heavy (non-hydrogen) atoms. The van der Waals surface area contributed by atoms with Gasteiger partial charge in [-0.1, -0.05) is 0 Å². The lowest BCUT2D eigenvalue weighted by Gasteiger charge is -2.18. The molecule has 2 rings (SSSR count). The highest BCUT2D eigenvalue weighted by molar-refractivity contribution is 7.89. The fourth-order valence-electron chi connectivity index (χ4n) is 2.19. The Morgan fingerprint density at radius 2 is 1.48 bits per heavy atom. The largest absolute Gasteiger partial charge is 0.453 e.